The van der Waals surface area contributed by atoms with E-state index < -0.39 is 5.97 Å². The lowest BCUT2D eigenvalue weighted by Crippen LogP contribution is -2.06. The van der Waals surface area contributed by atoms with Gasteiger partial charge in [-0.2, -0.15) is 5.26 Å². The lowest BCUT2D eigenvalue weighted by molar-refractivity contribution is -0.137. The van der Waals surface area contributed by atoms with Gasteiger partial charge in [-0.3, -0.25) is 0 Å². The number of benzene rings is 1. The Morgan fingerprint density at radius 1 is 1.29 bits per heavy atom. The summed E-state index contributed by atoms with van der Waals surface area (Å²) in [6.07, 6.45) is 1.57. The van der Waals surface area contributed by atoms with E-state index in [-0.39, 0.29) is 12.2 Å². The predicted octanol–water partition coefficient (Wildman–Crippen LogP) is 3.57. The van der Waals surface area contributed by atoms with Crippen LogP contribution in [0.4, 0.5) is 0 Å². The van der Waals surface area contributed by atoms with Gasteiger partial charge in [-0.05, 0) is 62.7 Å². The van der Waals surface area contributed by atoms with Gasteiger partial charge >= 0.3 is 5.97 Å². The second-order valence-electron chi connectivity index (χ2n) is 5.25. The topological polar surface area (TPSA) is 64.2 Å². The lowest BCUT2D eigenvalue weighted by Gasteiger charge is -2.10. The minimum atomic E-state index is -0.603. The second kappa shape index (κ2) is 7.51. The highest BCUT2D eigenvalue weighted by atomic mass is 16.5. The summed E-state index contributed by atoms with van der Waals surface area (Å²) in [7, 11) is 1.63. The zero-order chi connectivity index (χ0) is 17.7. The molecule has 0 N–H and O–H groups in total. The molecule has 0 bridgehead atoms. The summed E-state index contributed by atoms with van der Waals surface area (Å²) in [4.78, 5) is 11.8. The molecule has 0 aliphatic carbocycles. The van der Waals surface area contributed by atoms with Gasteiger partial charge in [-0.15, -0.1) is 0 Å². The standard InChI is InChI=1S/C19H20N2O3/c1-5-24-19(22)16(12-20)11-15-10-13(2)21(14(15)3)17-6-8-18(23-4)9-7-17/h6-11H,5H2,1-4H3/b16-11-. The molecule has 0 radical (unpaired) electrons. The van der Waals surface area contributed by atoms with Gasteiger partial charge in [-0.25, -0.2) is 4.79 Å². The summed E-state index contributed by atoms with van der Waals surface area (Å²) >= 11 is 0. The number of rotatable bonds is 5. The van der Waals surface area contributed by atoms with Crippen LogP contribution in [-0.2, 0) is 9.53 Å². The van der Waals surface area contributed by atoms with Crippen molar-refractivity contribution >= 4 is 12.0 Å². The fraction of sp³-hybridized carbons (Fsp3) is 0.263. The lowest BCUT2D eigenvalue weighted by atomic mass is 10.1. The molecule has 0 unspecified atom stereocenters. The molecule has 0 atom stereocenters. The van der Waals surface area contributed by atoms with Crippen LogP contribution in [-0.4, -0.2) is 24.3 Å². The average molecular weight is 324 g/mol. The third-order valence-electron chi connectivity index (χ3n) is 3.72. The largest absolute Gasteiger partial charge is 0.497 e. The summed E-state index contributed by atoms with van der Waals surface area (Å²) in [5.74, 6) is 0.185. The Kier molecular flexibility index (Phi) is 5.43. The Balaban J connectivity index is 2.45. The number of hydrogen-bond acceptors (Lipinski definition) is 4. The van der Waals surface area contributed by atoms with Crippen molar-refractivity contribution in [3.63, 3.8) is 0 Å². The number of hydrogen-bond donors (Lipinski definition) is 0. The van der Waals surface area contributed by atoms with E-state index in [2.05, 4.69) is 4.57 Å². The Morgan fingerprint density at radius 2 is 1.96 bits per heavy atom. The van der Waals surface area contributed by atoms with Crippen LogP contribution in [0.5, 0.6) is 5.75 Å². The van der Waals surface area contributed by atoms with Crippen LogP contribution in [0.25, 0.3) is 11.8 Å². The third-order valence-corrected chi connectivity index (χ3v) is 3.72. The Bertz CT molecular complexity index is 808. The molecular weight excluding hydrogens is 304 g/mol. The molecule has 1 aromatic heterocycles. The molecular formula is C19H20N2O3. The van der Waals surface area contributed by atoms with Gasteiger partial charge in [-0.1, -0.05) is 0 Å². The Morgan fingerprint density at radius 3 is 2.50 bits per heavy atom. The van der Waals surface area contributed by atoms with Crippen LogP contribution in [0.3, 0.4) is 0 Å². The molecule has 0 amide bonds. The molecule has 0 saturated carbocycles. The summed E-state index contributed by atoms with van der Waals surface area (Å²) in [5, 5.41) is 9.19. The first-order valence-corrected chi connectivity index (χ1v) is 7.64. The number of methoxy groups -OCH3 is 1. The van der Waals surface area contributed by atoms with Crippen LogP contribution in [0, 0.1) is 25.2 Å². The molecule has 0 aliphatic heterocycles. The van der Waals surface area contributed by atoms with Crippen molar-refractivity contribution in [2.45, 2.75) is 20.8 Å². The van der Waals surface area contributed by atoms with E-state index in [4.69, 9.17) is 9.47 Å². The maximum atomic E-state index is 11.8. The molecule has 0 fully saturated rings. The molecule has 1 heterocycles. The number of esters is 1. The van der Waals surface area contributed by atoms with Crippen molar-refractivity contribution in [1.82, 2.24) is 4.57 Å². The molecule has 2 aromatic rings. The zero-order valence-electron chi connectivity index (χ0n) is 14.3. The van der Waals surface area contributed by atoms with Crippen molar-refractivity contribution in [3.05, 3.63) is 52.9 Å². The van der Waals surface area contributed by atoms with Crippen molar-refractivity contribution in [1.29, 1.82) is 5.26 Å². The van der Waals surface area contributed by atoms with E-state index in [1.807, 2.05) is 50.2 Å². The average Bonchev–Trinajstić information content (AvgIpc) is 2.86. The van der Waals surface area contributed by atoms with Crippen molar-refractivity contribution < 1.29 is 14.3 Å². The molecule has 124 valence electrons. The molecule has 5 heteroatoms. The third kappa shape index (κ3) is 3.49. The first kappa shape index (κ1) is 17.4. The fourth-order valence-corrected chi connectivity index (χ4v) is 2.56. The number of nitrogens with zero attached hydrogens (tertiary/aromatic N) is 2. The number of aromatic nitrogens is 1. The molecule has 2 rings (SSSR count). The summed E-state index contributed by atoms with van der Waals surface area (Å²) in [5.41, 5.74) is 3.74. The van der Waals surface area contributed by atoms with Crippen molar-refractivity contribution in [2.24, 2.45) is 0 Å². The van der Waals surface area contributed by atoms with Crippen LogP contribution in [0.15, 0.2) is 35.9 Å². The van der Waals surface area contributed by atoms with E-state index in [0.717, 1.165) is 28.4 Å². The molecule has 0 spiro atoms. The SMILES string of the molecule is CCOC(=O)/C(C#N)=C\c1cc(C)n(-c2ccc(OC)cc2)c1C. The van der Waals surface area contributed by atoms with Crippen LogP contribution in [0.2, 0.25) is 0 Å². The molecule has 5 nitrogen and oxygen atoms in total. The summed E-state index contributed by atoms with van der Waals surface area (Å²) in [6, 6.07) is 11.6. The van der Waals surface area contributed by atoms with Crippen LogP contribution in [0.1, 0.15) is 23.9 Å². The van der Waals surface area contributed by atoms with Crippen LogP contribution < -0.4 is 4.74 Å². The van der Waals surface area contributed by atoms with Crippen molar-refractivity contribution in [2.75, 3.05) is 13.7 Å². The maximum absolute atomic E-state index is 11.8. The Labute approximate surface area is 141 Å². The van der Waals surface area contributed by atoms with Gasteiger partial charge in [0.2, 0.25) is 0 Å². The van der Waals surface area contributed by atoms with Gasteiger partial charge in [0.15, 0.2) is 0 Å². The quantitative estimate of drug-likeness (QED) is 0.479. The van der Waals surface area contributed by atoms with E-state index in [1.165, 1.54) is 0 Å². The Hall–Kier alpha value is -3.00. The highest BCUT2D eigenvalue weighted by Crippen LogP contribution is 2.24. The van der Waals surface area contributed by atoms with E-state index in [9.17, 15) is 10.1 Å². The zero-order valence-corrected chi connectivity index (χ0v) is 14.3. The van der Waals surface area contributed by atoms with Gasteiger partial charge in [0.05, 0.1) is 13.7 Å². The smallest absolute Gasteiger partial charge is 0.348 e. The maximum Gasteiger partial charge on any atom is 0.348 e. The summed E-state index contributed by atoms with van der Waals surface area (Å²) in [6.45, 7) is 5.87. The van der Waals surface area contributed by atoms with Crippen LogP contribution >= 0.6 is 0 Å². The normalized spacial score (nSPS) is 11.0. The fourth-order valence-electron chi connectivity index (χ4n) is 2.56. The predicted molar refractivity (Wildman–Crippen MR) is 92.0 cm³/mol. The van der Waals surface area contributed by atoms with Crippen molar-refractivity contribution in [3.8, 4) is 17.5 Å². The number of ether oxygens (including phenoxy) is 2. The van der Waals surface area contributed by atoms with Gasteiger partial charge < -0.3 is 14.0 Å². The highest BCUT2D eigenvalue weighted by Gasteiger charge is 2.14. The molecule has 24 heavy (non-hydrogen) atoms. The summed E-state index contributed by atoms with van der Waals surface area (Å²) < 4.78 is 12.1. The number of carbonyl (C=O) groups excluding carboxylic acids is 1. The number of nitriles is 1. The number of aryl methyl sites for hydroxylation is 1. The van der Waals surface area contributed by atoms with Gasteiger partial charge in [0.25, 0.3) is 0 Å². The van der Waals surface area contributed by atoms with Gasteiger partial charge in [0.1, 0.15) is 17.4 Å². The van der Waals surface area contributed by atoms with Gasteiger partial charge in [0, 0.05) is 17.1 Å². The first-order valence-electron chi connectivity index (χ1n) is 7.64. The van der Waals surface area contributed by atoms with E-state index >= 15 is 0 Å². The van der Waals surface area contributed by atoms with E-state index in [0.29, 0.717) is 0 Å². The molecule has 1 aromatic carbocycles. The molecule has 0 saturated heterocycles. The highest BCUT2D eigenvalue weighted by molar-refractivity contribution is 5.98. The van der Waals surface area contributed by atoms with E-state index in [1.54, 1.807) is 20.1 Å². The second-order valence-corrected chi connectivity index (χ2v) is 5.25. The monoisotopic (exact) mass is 324 g/mol. The first-order chi connectivity index (χ1) is 11.5. The minimum absolute atomic E-state index is 0.00756. The number of carbonyl (C=O) groups is 1. The minimum Gasteiger partial charge on any atom is -0.497 e. The molecule has 0 aliphatic rings.